The molecule has 0 bridgehead atoms. The van der Waals surface area contributed by atoms with Crippen molar-refractivity contribution in [2.45, 2.75) is 38.6 Å². The molecule has 0 saturated carbocycles. The zero-order valence-electron chi connectivity index (χ0n) is 20.9. The number of rotatable bonds is 10. The third-order valence-electron chi connectivity index (χ3n) is 6.93. The molecule has 1 atom stereocenters. The Labute approximate surface area is 211 Å². The minimum Gasteiger partial charge on any atom is -0.489 e. The summed E-state index contributed by atoms with van der Waals surface area (Å²) in [5.74, 6) is -0.804. The summed E-state index contributed by atoms with van der Waals surface area (Å²) >= 11 is 0. The first kappa shape index (κ1) is 25.7. The molecule has 4 rings (SSSR count). The lowest BCUT2D eigenvalue weighted by Crippen LogP contribution is -2.45. The van der Waals surface area contributed by atoms with E-state index in [0.717, 1.165) is 43.9 Å². The fourth-order valence-electron chi connectivity index (χ4n) is 4.69. The fourth-order valence-corrected chi connectivity index (χ4v) is 4.69. The molecule has 2 N–H and O–H groups in total. The van der Waals surface area contributed by atoms with Crippen molar-refractivity contribution in [2.24, 2.45) is 5.73 Å². The number of piperazine rings is 1. The molecule has 0 aliphatic carbocycles. The molecule has 192 valence electrons. The second-order valence-electron chi connectivity index (χ2n) is 9.43. The van der Waals surface area contributed by atoms with Gasteiger partial charge in [0, 0.05) is 50.3 Å². The minimum atomic E-state index is -0.898. The van der Waals surface area contributed by atoms with Gasteiger partial charge in [-0.15, -0.1) is 0 Å². The molecule has 2 amide bonds. The summed E-state index contributed by atoms with van der Waals surface area (Å²) in [6.07, 6.45) is 0.108. The predicted octanol–water partition coefficient (Wildman–Crippen LogP) is 1.78. The Morgan fingerprint density at radius 2 is 1.72 bits per heavy atom. The number of benzene rings is 2. The second kappa shape index (κ2) is 11.5. The predicted molar refractivity (Wildman–Crippen MR) is 134 cm³/mol. The summed E-state index contributed by atoms with van der Waals surface area (Å²) in [5, 5.41) is 0. The van der Waals surface area contributed by atoms with E-state index in [1.807, 2.05) is 6.07 Å². The van der Waals surface area contributed by atoms with Gasteiger partial charge in [0.2, 0.25) is 5.91 Å². The Hall–Kier alpha value is -3.43. The first-order chi connectivity index (χ1) is 17.4. The molecule has 9 heteroatoms. The van der Waals surface area contributed by atoms with E-state index in [1.54, 1.807) is 12.1 Å². The molecule has 2 heterocycles. The van der Waals surface area contributed by atoms with Crippen LogP contribution < -0.4 is 10.5 Å². The van der Waals surface area contributed by atoms with E-state index in [9.17, 15) is 14.4 Å². The fraction of sp³-hybridized carbons (Fsp3) is 0.444. The molecule has 2 aliphatic heterocycles. The topological polar surface area (TPSA) is 105 Å². The van der Waals surface area contributed by atoms with Gasteiger partial charge in [0.25, 0.3) is 5.91 Å². The highest BCUT2D eigenvalue weighted by molar-refractivity contribution is 6.01. The smallest absolute Gasteiger partial charge is 0.305 e. The molecule has 1 fully saturated rings. The number of carbonyl (C=O) groups is 3. The van der Waals surface area contributed by atoms with E-state index in [4.69, 9.17) is 10.5 Å². The van der Waals surface area contributed by atoms with Crippen LogP contribution in [0.5, 0.6) is 5.75 Å². The molecular formula is C27H34N4O5. The summed E-state index contributed by atoms with van der Waals surface area (Å²) in [7, 11) is 3.44. The maximum Gasteiger partial charge on any atom is 0.305 e. The summed E-state index contributed by atoms with van der Waals surface area (Å²) in [6, 6.07) is 12.8. The normalized spacial score (nSPS) is 17.1. The third-order valence-corrected chi connectivity index (χ3v) is 6.93. The quantitative estimate of drug-likeness (QED) is 0.502. The number of nitrogens with two attached hydrogens (primary N) is 1. The number of esters is 1. The first-order valence-corrected chi connectivity index (χ1v) is 12.3. The summed E-state index contributed by atoms with van der Waals surface area (Å²) in [4.78, 5) is 42.9. The molecular weight excluding hydrogens is 460 g/mol. The van der Waals surface area contributed by atoms with Gasteiger partial charge in [0.1, 0.15) is 18.4 Å². The maximum atomic E-state index is 13.0. The third kappa shape index (κ3) is 6.03. The van der Waals surface area contributed by atoms with Gasteiger partial charge in [-0.1, -0.05) is 30.3 Å². The molecule has 2 aliphatic rings. The summed E-state index contributed by atoms with van der Waals surface area (Å²) < 4.78 is 10.8. The SMILES string of the molecule is COC(=O)CCC(C(N)=O)N1Cc2c(OCc3ccc(CN4CCN(C)CC4)cc3)cccc2C1=O. The molecule has 1 saturated heterocycles. The van der Waals surface area contributed by atoms with Crippen LogP contribution in [0.4, 0.5) is 0 Å². The van der Waals surface area contributed by atoms with Crippen LogP contribution in [-0.2, 0) is 34.0 Å². The number of nitrogens with zero attached hydrogens (tertiary/aromatic N) is 3. The van der Waals surface area contributed by atoms with E-state index < -0.39 is 17.9 Å². The van der Waals surface area contributed by atoms with Crippen LogP contribution >= 0.6 is 0 Å². The van der Waals surface area contributed by atoms with Crippen molar-refractivity contribution < 1.29 is 23.9 Å². The lowest BCUT2D eigenvalue weighted by molar-refractivity contribution is -0.141. The van der Waals surface area contributed by atoms with Crippen molar-refractivity contribution in [1.82, 2.24) is 14.7 Å². The number of hydrogen-bond donors (Lipinski definition) is 1. The van der Waals surface area contributed by atoms with E-state index in [0.29, 0.717) is 17.9 Å². The Bertz CT molecular complexity index is 1100. The van der Waals surface area contributed by atoms with Gasteiger partial charge in [-0.05, 0) is 36.7 Å². The van der Waals surface area contributed by atoms with Crippen LogP contribution in [0.25, 0.3) is 0 Å². The highest BCUT2D eigenvalue weighted by Gasteiger charge is 2.37. The Morgan fingerprint density at radius 3 is 2.39 bits per heavy atom. The van der Waals surface area contributed by atoms with Crippen LogP contribution in [0, 0.1) is 0 Å². The van der Waals surface area contributed by atoms with Crippen molar-refractivity contribution in [3.8, 4) is 5.75 Å². The van der Waals surface area contributed by atoms with Gasteiger partial charge in [0.15, 0.2) is 0 Å². The van der Waals surface area contributed by atoms with Crippen LogP contribution in [0.1, 0.15) is 39.9 Å². The zero-order chi connectivity index (χ0) is 25.7. The average Bonchev–Trinajstić information content (AvgIpc) is 3.21. The molecule has 9 nitrogen and oxygen atoms in total. The standard InChI is InChI=1S/C27H34N4O5/c1-29-12-14-30(15-13-29)16-19-6-8-20(9-7-19)18-36-24-5-3-4-21-22(24)17-31(27(21)34)23(26(28)33)10-11-25(32)35-2/h3-9,23H,10-18H2,1-2H3,(H2,28,33). The number of methoxy groups -OCH3 is 1. The van der Waals surface area contributed by atoms with Gasteiger partial charge in [0.05, 0.1) is 13.7 Å². The van der Waals surface area contributed by atoms with Gasteiger partial charge in [-0.3, -0.25) is 19.3 Å². The largest absolute Gasteiger partial charge is 0.489 e. The zero-order valence-corrected chi connectivity index (χ0v) is 20.9. The number of likely N-dealkylation sites (N-methyl/N-ethyl adjacent to an activating group) is 1. The molecule has 0 radical (unpaired) electrons. The van der Waals surface area contributed by atoms with Crippen LogP contribution in [0.15, 0.2) is 42.5 Å². The minimum absolute atomic E-state index is 0.00159. The number of hydrogen-bond acceptors (Lipinski definition) is 7. The van der Waals surface area contributed by atoms with E-state index in [-0.39, 0.29) is 25.3 Å². The average molecular weight is 495 g/mol. The van der Waals surface area contributed by atoms with E-state index in [2.05, 4.69) is 45.8 Å². The monoisotopic (exact) mass is 494 g/mol. The van der Waals surface area contributed by atoms with Crippen LogP contribution in [0.2, 0.25) is 0 Å². The van der Waals surface area contributed by atoms with Crippen LogP contribution in [0.3, 0.4) is 0 Å². The number of amides is 2. The second-order valence-corrected chi connectivity index (χ2v) is 9.43. The molecule has 1 unspecified atom stereocenters. The maximum absolute atomic E-state index is 13.0. The number of fused-ring (bicyclic) bond motifs is 1. The van der Waals surface area contributed by atoms with Crippen molar-refractivity contribution in [3.05, 3.63) is 64.7 Å². The Balaban J connectivity index is 1.38. The van der Waals surface area contributed by atoms with Crippen molar-refractivity contribution >= 4 is 17.8 Å². The number of carbonyl (C=O) groups excluding carboxylic acids is 3. The van der Waals surface area contributed by atoms with Gasteiger partial charge in [-0.2, -0.15) is 0 Å². The molecule has 36 heavy (non-hydrogen) atoms. The molecule has 2 aromatic rings. The molecule has 0 spiro atoms. The van der Waals surface area contributed by atoms with Crippen molar-refractivity contribution in [1.29, 1.82) is 0 Å². The van der Waals surface area contributed by atoms with Crippen molar-refractivity contribution in [3.63, 3.8) is 0 Å². The first-order valence-electron chi connectivity index (χ1n) is 12.3. The van der Waals surface area contributed by atoms with Gasteiger partial charge >= 0.3 is 5.97 Å². The summed E-state index contributed by atoms with van der Waals surface area (Å²) in [5.41, 5.74) is 9.08. The lowest BCUT2D eigenvalue weighted by atomic mass is 10.1. The molecule has 0 aromatic heterocycles. The van der Waals surface area contributed by atoms with E-state index in [1.165, 1.54) is 17.6 Å². The number of primary amides is 1. The van der Waals surface area contributed by atoms with Gasteiger partial charge < -0.3 is 25.0 Å². The van der Waals surface area contributed by atoms with Gasteiger partial charge in [-0.25, -0.2) is 0 Å². The highest BCUT2D eigenvalue weighted by atomic mass is 16.5. The van der Waals surface area contributed by atoms with Crippen LogP contribution in [-0.4, -0.2) is 78.9 Å². The molecule has 2 aromatic carbocycles. The number of ether oxygens (including phenoxy) is 2. The Kier molecular flexibility index (Phi) is 8.22. The summed E-state index contributed by atoms with van der Waals surface area (Å²) in [6.45, 7) is 5.85. The highest BCUT2D eigenvalue weighted by Crippen LogP contribution is 2.33. The van der Waals surface area contributed by atoms with E-state index >= 15 is 0 Å². The lowest BCUT2D eigenvalue weighted by Gasteiger charge is -2.32. The van der Waals surface area contributed by atoms with Crippen molar-refractivity contribution in [2.75, 3.05) is 40.3 Å². The Morgan fingerprint density at radius 1 is 1.03 bits per heavy atom.